The van der Waals surface area contributed by atoms with E-state index in [9.17, 15) is 0 Å². The SMILES string of the molecule is [KH].[SiH3][Nb].[Zn]. The molecular formula is H4KNbSiZn. The van der Waals surface area contributed by atoms with Gasteiger partial charge in [0.1, 0.15) is 0 Å². The van der Waals surface area contributed by atoms with E-state index in [0.29, 0.717) is 0 Å². The van der Waals surface area contributed by atoms with E-state index < -0.39 is 0 Å². The second-order valence-electron chi connectivity index (χ2n) is 0. The average molecular weight is 230 g/mol. The molecule has 0 amide bonds. The van der Waals surface area contributed by atoms with Crippen LogP contribution in [0.15, 0.2) is 0 Å². The summed E-state index contributed by atoms with van der Waals surface area (Å²) in [6, 6.07) is 0. The fourth-order valence-electron chi connectivity index (χ4n) is 0. The molecule has 0 atom stereocenters. The van der Waals surface area contributed by atoms with Crippen LogP contribution in [-0.4, -0.2) is 59.4 Å². The summed E-state index contributed by atoms with van der Waals surface area (Å²) in [7, 11) is 1.36. The van der Waals surface area contributed by atoms with Gasteiger partial charge in [0, 0.05) is 19.5 Å². The first kappa shape index (κ1) is 15.7. The van der Waals surface area contributed by atoms with Gasteiger partial charge in [0.25, 0.3) is 0 Å². The summed E-state index contributed by atoms with van der Waals surface area (Å²) in [6.07, 6.45) is 0. The number of rotatable bonds is 0. The predicted molar refractivity (Wildman–Crippen MR) is 17.1 cm³/mol. The summed E-state index contributed by atoms with van der Waals surface area (Å²) >= 11 is 1.89. The van der Waals surface area contributed by atoms with Gasteiger partial charge in [-0.25, -0.2) is 0 Å². The molecule has 0 aliphatic heterocycles. The first-order valence-electron chi connectivity index (χ1n) is 0.447. The number of hydrogen-bond acceptors (Lipinski definition) is 0. The van der Waals surface area contributed by atoms with Crippen molar-refractivity contribution in [2.75, 3.05) is 0 Å². The fraction of sp³-hybridized carbons (Fsp3) is 0. The Bertz CT molecular complexity index is 8.00. The van der Waals surface area contributed by atoms with Gasteiger partial charge in [-0.15, -0.1) is 0 Å². The largest absolute Gasteiger partial charge is 0 e. The van der Waals surface area contributed by atoms with Crippen LogP contribution < -0.4 is 0 Å². The van der Waals surface area contributed by atoms with E-state index in [4.69, 9.17) is 0 Å². The van der Waals surface area contributed by atoms with Gasteiger partial charge in [-0.1, -0.05) is 0 Å². The molecule has 16 valence electrons. The molecule has 0 unspecified atom stereocenters. The van der Waals surface area contributed by atoms with Crippen molar-refractivity contribution in [1.82, 2.24) is 0 Å². The van der Waals surface area contributed by atoms with Crippen LogP contribution in [0, 0.1) is 0 Å². The van der Waals surface area contributed by atoms with E-state index in [-0.39, 0.29) is 70.9 Å². The molecule has 0 spiro atoms. The molecule has 0 aromatic heterocycles. The molecule has 0 aromatic rings. The first-order chi connectivity index (χ1) is 1.00. The van der Waals surface area contributed by atoms with Crippen LogP contribution in [0.5, 0.6) is 0 Å². The molecule has 0 N–H and O–H groups in total. The predicted octanol–water partition coefficient (Wildman–Crippen LogP) is -1.84. The summed E-state index contributed by atoms with van der Waals surface area (Å²) < 4.78 is 0. The van der Waals surface area contributed by atoms with Crippen LogP contribution in [-0.2, 0) is 39.8 Å². The molecule has 0 bridgehead atoms. The summed E-state index contributed by atoms with van der Waals surface area (Å²) in [6.45, 7) is 0. The van der Waals surface area contributed by atoms with Gasteiger partial charge in [0.15, 0.2) is 0 Å². The topological polar surface area (TPSA) is 0 Å². The van der Waals surface area contributed by atoms with Crippen LogP contribution in [0.3, 0.4) is 0 Å². The van der Waals surface area contributed by atoms with Crippen molar-refractivity contribution in [3.05, 3.63) is 0 Å². The second-order valence-corrected chi connectivity index (χ2v) is 0. The Morgan fingerprint density at radius 3 is 1.25 bits per heavy atom. The molecule has 0 radical (unpaired) electrons. The van der Waals surface area contributed by atoms with Crippen LogP contribution in [0.4, 0.5) is 0 Å². The smallest absolute Gasteiger partial charge is 0 e. The molecule has 0 aliphatic carbocycles. The normalized spacial score (nSPS) is 2.00. The molecule has 0 aliphatic rings. The van der Waals surface area contributed by atoms with Crippen LogP contribution >= 0.6 is 0 Å². The molecule has 0 fully saturated rings. The minimum Gasteiger partial charge on any atom is 0 e. The van der Waals surface area contributed by atoms with Crippen molar-refractivity contribution in [3.63, 3.8) is 0 Å². The van der Waals surface area contributed by atoms with Gasteiger partial charge in [-0.3, -0.25) is 0 Å². The monoisotopic (exact) mass is 228 g/mol. The van der Waals surface area contributed by atoms with Gasteiger partial charge in [-0.2, -0.15) is 0 Å². The van der Waals surface area contributed by atoms with Crippen molar-refractivity contribution in [1.29, 1.82) is 0 Å². The standard InChI is InChI=1S/K.Nb.H3Si.Zn.H/h;;1H3;;. The van der Waals surface area contributed by atoms with Gasteiger partial charge in [0.05, 0.1) is 0 Å². The minimum atomic E-state index is 0. The molecule has 0 rings (SSSR count). The van der Waals surface area contributed by atoms with Crippen LogP contribution in [0.25, 0.3) is 0 Å². The van der Waals surface area contributed by atoms with E-state index >= 15 is 0 Å². The van der Waals surface area contributed by atoms with Crippen molar-refractivity contribution in [3.8, 4) is 0 Å². The van der Waals surface area contributed by atoms with Gasteiger partial charge in [-0.05, 0) is 0 Å². The molecule has 4 heteroatoms. The van der Waals surface area contributed by atoms with Crippen LogP contribution in [0.1, 0.15) is 0 Å². The first-order valence-corrected chi connectivity index (χ1v) is 7.94. The second kappa shape index (κ2) is 16.4. The molecule has 0 nitrogen and oxygen atoms in total. The fourth-order valence-corrected chi connectivity index (χ4v) is 0. The van der Waals surface area contributed by atoms with Crippen molar-refractivity contribution >= 4 is 59.4 Å². The maximum Gasteiger partial charge on any atom is 0 e. The maximum atomic E-state index is 1.89. The van der Waals surface area contributed by atoms with Crippen molar-refractivity contribution in [2.45, 2.75) is 0 Å². The molecule has 0 saturated carbocycles. The molecular weight excluding hydrogens is 225 g/mol. The van der Waals surface area contributed by atoms with Crippen LogP contribution in [0.2, 0.25) is 0 Å². The summed E-state index contributed by atoms with van der Waals surface area (Å²) in [5, 5.41) is 0. The molecule has 0 heterocycles. The van der Waals surface area contributed by atoms with Crippen molar-refractivity contribution in [2.24, 2.45) is 0 Å². The summed E-state index contributed by atoms with van der Waals surface area (Å²) in [5.74, 6) is 0. The Kier molecular flexibility index (Phi) is 64.1. The Morgan fingerprint density at radius 1 is 1.25 bits per heavy atom. The maximum absolute atomic E-state index is 1.89. The van der Waals surface area contributed by atoms with E-state index in [1.165, 1.54) is 8.00 Å². The minimum absolute atomic E-state index is 0. The zero-order chi connectivity index (χ0) is 2.00. The van der Waals surface area contributed by atoms with Gasteiger partial charge < -0.3 is 0 Å². The third-order valence-electron chi connectivity index (χ3n) is 0. The van der Waals surface area contributed by atoms with E-state index in [0.717, 1.165) is 0 Å². The molecule has 0 aromatic carbocycles. The Balaban J connectivity index is -0.00000000500. The van der Waals surface area contributed by atoms with Gasteiger partial charge >= 0.3 is 79.7 Å². The summed E-state index contributed by atoms with van der Waals surface area (Å²) in [5.41, 5.74) is 0. The Labute approximate surface area is 96.5 Å². The zero-order valence-corrected chi connectivity index (χ0v) is 9.32. The van der Waals surface area contributed by atoms with E-state index in [1.54, 1.807) is 0 Å². The van der Waals surface area contributed by atoms with Crippen molar-refractivity contribution < 1.29 is 39.8 Å². The summed E-state index contributed by atoms with van der Waals surface area (Å²) in [4.78, 5) is 0. The number of hydrogen-bond donors (Lipinski definition) is 0. The Hall–Kier alpha value is 3.22. The van der Waals surface area contributed by atoms with Gasteiger partial charge in [0.2, 0.25) is 0 Å². The van der Waals surface area contributed by atoms with E-state index in [2.05, 4.69) is 0 Å². The van der Waals surface area contributed by atoms with E-state index in [1.807, 2.05) is 20.3 Å². The molecule has 4 heavy (non-hydrogen) atoms. The molecule has 0 saturated heterocycles. The average Bonchev–Trinajstić information content (AvgIpc) is 1.00. The quantitative estimate of drug-likeness (QED) is 0.429. The third-order valence-corrected chi connectivity index (χ3v) is 0. The Morgan fingerprint density at radius 2 is 1.25 bits per heavy atom. The third kappa shape index (κ3) is 8.96. The zero-order valence-electron chi connectivity index (χ0n) is 2.15.